The number of aromatic nitrogens is 1. The number of pyridine rings is 1. The molecule has 1 heterocycles. The number of nitrogens with zero attached hydrogens (tertiary/aromatic N) is 1. The molecule has 3 nitrogen and oxygen atoms in total. The maximum atomic E-state index is 9.12. The lowest BCUT2D eigenvalue weighted by molar-refractivity contribution is 0.281. The Labute approximate surface area is 91.5 Å². The largest absolute Gasteiger partial charge is 0.392 e. The fourth-order valence-corrected chi connectivity index (χ4v) is 1.37. The van der Waals surface area contributed by atoms with Crippen molar-refractivity contribution in [2.24, 2.45) is 0 Å². The molecule has 84 valence electrons. The predicted octanol–water partition coefficient (Wildman–Crippen LogP) is 2.35. The van der Waals surface area contributed by atoms with Crippen LogP contribution in [-0.4, -0.2) is 15.6 Å². The molecule has 0 saturated carbocycles. The molecule has 0 aliphatic carbocycles. The zero-order valence-electron chi connectivity index (χ0n) is 9.96. The van der Waals surface area contributed by atoms with E-state index in [1.54, 1.807) is 0 Å². The minimum absolute atomic E-state index is 0.00785. The van der Waals surface area contributed by atoms with E-state index < -0.39 is 0 Å². The average Bonchev–Trinajstić information content (AvgIpc) is 2.14. The van der Waals surface area contributed by atoms with Crippen molar-refractivity contribution in [1.82, 2.24) is 4.98 Å². The standard InChI is InChI=1S/C12H20N2O/c1-5-10-6-9(8-15)7-11(13-10)14-12(2,3)4/h6-7,15H,5,8H2,1-4H3,(H,13,14). The number of aliphatic hydroxyl groups excluding tert-OH is 1. The number of anilines is 1. The van der Waals surface area contributed by atoms with Gasteiger partial charge in [0.2, 0.25) is 0 Å². The second-order valence-electron chi connectivity index (χ2n) is 4.74. The van der Waals surface area contributed by atoms with Crippen LogP contribution in [0.5, 0.6) is 0 Å². The molecular weight excluding hydrogens is 188 g/mol. The molecule has 0 aromatic carbocycles. The van der Waals surface area contributed by atoms with Crippen LogP contribution in [-0.2, 0) is 13.0 Å². The lowest BCUT2D eigenvalue weighted by Gasteiger charge is -2.22. The Morgan fingerprint density at radius 1 is 1.33 bits per heavy atom. The van der Waals surface area contributed by atoms with E-state index in [-0.39, 0.29) is 12.1 Å². The van der Waals surface area contributed by atoms with Gasteiger partial charge in [0.05, 0.1) is 6.61 Å². The number of aliphatic hydroxyl groups is 1. The molecule has 0 spiro atoms. The first-order valence-electron chi connectivity index (χ1n) is 5.33. The fraction of sp³-hybridized carbons (Fsp3) is 0.583. The molecule has 3 heteroatoms. The summed E-state index contributed by atoms with van der Waals surface area (Å²) in [7, 11) is 0. The van der Waals surface area contributed by atoms with Crippen LogP contribution in [0, 0.1) is 0 Å². The maximum Gasteiger partial charge on any atom is 0.126 e. The maximum absolute atomic E-state index is 9.12. The predicted molar refractivity (Wildman–Crippen MR) is 62.9 cm³/mol. The van der Waals surface area contributed by atoms with E-state index in [0.29, 0.717) is 0 Å². The number of rotatable bonds is 3. The second-order valence-corrected chi connectivity index (χ2v) is 4.74. The first kappa shape index (κ1) is 12.0. The van der Waals surface area contributed by atoms with Crippen molar-refractivity contribution in [2.45, 2.75) is 46.3 Å². The normalized spacial score (nSPS) is 11.5. The van der Waals surface area contributed by atoms with E-state index >= 15 is 0 Å². The topological polar surface area (TPSA) is 45.1 Å². The second kappa shape index (κ2) is 4.62. The van der Waals surface area contributed by atoms with Crippen molar-refractivity contribution in [3.8, 4) is 0 Å². The van der Waals surface area contributed by atoms with Gasteiger partial charge in [-0.05, 0) is 44.9 Å². The van der Waals surface area contributed by atoms with Crippen molar-refractivity contribution < 1.29 is 5.11 Å². The van der Waals surface area contributed by atoms with Gasteiger partial charge in [-0.2, -0.15) is 0 Å². The molecular formula is C12H20N2O. The molecule has 0 fully saturated rings. The number of nitrogens with one attached hydrogen (secondary N) is 1. The summed E-state index contributed by atoms with van der Waals surface area (Å²) in [6.07, 6.45) is 0.882. The molecule has 0 atom stereocenters. The van der Waals surface area contributed by atoms with Gasteiger partial charge in [0.15, 0.2) is 0 Å². The van der Waals surface area contributed by atoms with Gasteiger partial charge in [-0.1, -0.05) is 6.92 Å². The molecule has 0 saturated heterocycles. The minimum atomic E-state index is -0.00785. The number of hydrogen-bond donors (Lipinski definition) is 2. The van der Waals surface area contributed by atoms with Crippen LogP contribution >= 0.6 is 0 Å². The molecule has 15 heavy (non-hydrogen) atoms. The summed E-state index contributed by atoms with van der Waals surface area (Å²) in [5.74, 6) is 0.839. The number of hydrogen-bond acceptors (Lipinski definition) is 3. The van der Waals surface area contributed by atoms with Crippen LogP contribution in [0.15, 0.2) is 12.1 Å². The number of aryl methyl sites for hydroxylation is 1. The van der Waals surface area contributed by atoms with Gasteiger partial charge in [0.1, 0.15) is 5.82 Å². The van der Waals surface area contributed by atoms with Crippen molar-refractivity contribution in [3.05, 3.63) is 23.4 Å². The zero-order valence-corrected chi connectivity index (χ0v) is 9.96. The van der Waals surface area contributed by atoms with Crippen molar-refractivity contribution in [2.75, 3.05) is 5.32 Å². The van der Waals surface area contributed by atoms with Crippen LogP contribution in [0.3, 0.4) is 0 Å². The SMILES string of the molecule is CCc1cc(CO)cc(NC(C)(C)C)n1. The molecule has 0 bridgehead atoms. The van der Waals surface area contributed by atoms with E-state index in [0.717, 1.165) is 23.5 Å². The Balaban J connectivity index is 2.97. The average molecular weight is 208 g/mol. The molecule has 0 unspecified atom stereocenters. The van der Waals surface area contributed by atoms with Crippen molar-refractivity contribution >= 4 is 5.82 Å². The highest BCUT2D eigenvalue weighted by atomic mass is 16.3. The summed E-state index contributed by atoms with van der Waals surface area (Å²) in [4.78, 5) is 4.46. The smallest absolute Gasteiger partial charge is 0.126 e. The summed E-state index contributed by atoms with van der Waals surface area (Å²) in [5, 5.41) is 12.4. The summed E-state index contributed by atoms with van der Waals surface area (Å²) in [6.45, 7) is 8.39. The highest BCUT2D eigenvalue weighted by molar-refractivity contribution is 5.41. The summed E-state index contributed by atoms with van der Waals surface area (Å²) in [5.41, 5.74) is 1.91. The van der Waals surface area contributed by atoms with E-state index in [1.807, 2.05) is 12.1 Å². The molecule has 2 N–H and O–H groups in total. The van der Waals surface area contributed by atoms with Crippen LogP contribution < -0.4 is 5.32 Å². The van der Waals surface area contributed by atoms with E-state index in [4.69, 9.17) is 5.11 Å². The first-order valence-corrected chi connectivity index (χ1v) is 5.33. The molecule has 1 rings (SSSR count). The van der Waals surface area contributed by atoms with E-state index in [1.165, 1.54) is 0 Å². The molecule has 0 aliphatic rings. The monoisotopic (exact) mass is 208 g/mol. The molecule has 0 aliphatic heterocycles. The van der Waals surface area contributed by atoms with Gasteiger partial charge in [-0.15, -0.1) is 0 Å². The van der Waals surface area contributed by atoms with Crippen LogP contribution in [0.1, 0.15) is 39.0 Å². The molecule has 1 aromatic heterocycles. The highest BCUT2D eigenvalue weighted by Gasteiger charge is 2.11. The van der Waals surface area contributed by atoms with Gasteiger partial charge in [-0.25, -0.2) is 4.98 Å². The highest BCUT2D eigenvalue weighted by Crippen LogP contribution is 2.15. The Morgan fingerprint density at radius 2 is 2.00 bits per heavy atom. The van der Waals surface area contributed by atoms with E-state index in [9.17, 15) is 0 Å². The van der Waals surface area contributed by atoms with Crippen LogP contribution in [0.25, 0.3) is 0 Å². The van der Waals surface area contributed by atoms with E-state index in [2.05, 4.69) is 38.0 Å². The fourth-order valence-electron chi connectivity index (χ4n) is 1.37. The van der Waals surface area contributed by atoms with Crippen molar-refractivity contribution in [1.29, 1.82) is 0 Å². The summed E-state index contributed by atoms with van der Waals surface area (Å²) in [6, 6.07) is 3.83. The minimum Gasteiger partial charge on any atom is -0.392 e. The molecule has 0 amide bonds. The van der Waals surface area contributed by atoms with Gasteiger partial charge in [0.25, 0.3) is 0 Å². The lowest BCUT2D eigenvalue weighted by atomic mass is 10.1. The third-order valence-electron chi connectivity index (χ3n) is 1.99. The Kier molecular flexibility index (Phi) is 3.69. The molecule has 0 radical (unpaired) electrons. The van der Waals surface area contributed by atoms with Crippen molar-refractivity contribution in [3.63, 3.8) is 0 Å². The summed E-state index contributed by atoms with van der Waals surface area (Å²) < 4.78 is 0. The molecule has 1 aromatic rings. The van der Waals surface area contributed by atoms with Gasteiger partial charge in [-0.3, -0.25) is 0 Å². The quantitative estimate of drug-likeness (QED) is 0.801. The Bertz CT molecular complexity index is 307. The van der Waals surface area contributed by atoms with Crippen LogP contribution in [0.4, 0.5) is 5.82 Å². The third kappa shape index (κ3) is 3.88. The Morgan fingerprint density at radius 3 is 2.47 bits per heavy atom. The van der Waals surface area contributed by atoms with Gasteiger partial charge < -0.3 is 10.4 Å². The first-order chi connectivity index (χ1) is 6.94. The third-order valence-corrected chi connectivity index (χ3v) is 1.99. The Hall–Kier alpha value is -1.09. The van der Waals surface area contributed by atoms with Gasteiger partial charge >= 0.3 is 0 Å². The summed E-state index contributed by atoms with van der Waals surface area (Å²) >= 11 is 0. The zero-order chi connectivity index (χ0) is 11.5. The van der Waals surface area contributed by atoms with Crippen LogP contribution in [0.2, 0.25) is 0 Å². The lowest BCUT2D eigenvalue weighted by Crippen LogP contribution is -2.26. The van der Waals surface area contributed by atoms with Gasteiger partial charge in [0, 0.05) is 11.2 Å².